The Morgan fingerprint density at radius 2 is 1.77 bits per heavy atom. The summed E-state index contributed by atoms with van der Waals surface area (Å²) in [7, 11) is 2.05. The van der Waals surface area contributed by atoms with Gasteiger partial charge in [-0.15, -0.1) is 0 Å². The molecular weight excluding hydrogens is 326 g/mol. The molecule has 1 aromatic heterocycles. The van der Waals surface area contributed by atoms with Crippen molar-refractivity contribution in [3.8, 4) is 0 Å². The Morgan fingerprint density at radius 3 is 2.27 bits per heavy atom. The lowest BCUT2D eigenvalue weighted by atomic mass is 10.2. The standard InChI is InChI=1S/C20H35N5O/c1-6-23(7-2)11-10-22(5)19-9-8-18(16-21-19)20(26)25-14-12-24(13-15-25)17(3)4/h8-9,16-17H,6-7,10-15H2,1-5H3. The van der Waals surface area contributed by atoms with Crippen LogP contribution in [0.25, 0.3) is 0 Å². The van der Waals surface area contributed by atoms with Crippen molar-refractivity contribution < 1.29 is 4.79 Å². The molecule has 1 aliphatic heterocycles. The van der Waals surface area contributed by atoms with Gasteiger partial charge in [0.05, 0.1) is 5.56 Å². The average molecular weight is 362 g/mol. The van der Waals surface area contributed by atoms with Crippen molar-refractivity contribution in [1.29, 1.82) is 0 Å². The molecule has 6 heteroatoms. The summed E-state index contributed by atoms with van der Waals surface area (Å²) in [6.07, 6.45) is 1.72. The van der Waals surface area contributed by atoms with Gasteiger partial charge in [0.2, 0.25) is 0 Å². The zero-order valence-corrected chi connectivity index (χ0v) is 17.1. The number of piperazine rings is 1. The van der Waals surface area contributed by atoms with Crippen molar-refractivity contribution in [2.45, 2.75) is 33.7 Å². The first kappa shape index (κ1) is 20.6. The van der Waals surface area contributed by atoms with E-state index in [1.54, 1.807) is 6.20 Å². The minimum atomic E-state index is 0.0956. The van der Waals surface area contributed by atoms with E-state index in [-0.39, 0.29) is 5.91 Å². The molecule has 0 atom stereocenters. The predicted molar refractivity (Wildman–Crippen MR) is 108 cm³/mol. The third kappa shape index (κ3) is 5.42. The fourth-order valence-electron chi connectivity index (χ4n) is 3.31. The number of aromatic nitrogens is 1. The van der Waals surface area contributed by atoms with Crippen molar-refractivity contribution >= 4 is 11.7 Å². The maximum atomic E-state index is 12.7. The highest BCUT2D eigenvalue weighted by atomic mass is 16.2. The quantitative estimate of drug-likeness (QED) is 0.709. The lowest BCUT2D eigenvalue weighted by Gasteiger charge is -2.36. The number of carbonyl (C=O) groups excluding carboxylic acids is 1. The Kier molecular flexibility index (Phi) is 7.85. The molecule has 0 radical (unpaired) electrons. The molecule has 0 bridgehead atoms. The van der Waals surface area contributed by atoms with Crippen LogP contribution in [0.3, 0.4) is 0 Å². The summed E-state index contributed by atoms with van der Waals surface area (Å²) in [6, 6.07) is 4.41. The van der Waals surface area contributed by atoms with Crippen LogP contribution in [0.4, 0.5) is 5.82 Å². The van der Waals surface area contributed by atoms with Gasteiger partial charge in [0, 0.05) is 58.6 Å². The van der Waals surface area contributed by atoms with E-state index in [4.69, 9.17) is 0 Å². The molecule has 0 aliphatic carbocycles. The van der Waals surface area contributed by atoms with E-state index in [1.807, 2.05) is 17.0 Å². The van der Waals surface area contributed by atoms with Crippen LogP contribution in [0.2, 0.25) is 0 Å². The molecule has 2 heterocycles. The first-order valence-corrected chi connectivity index (χ1v) is 9.89. The Morgan fingerprint density at radius 1 is 1.12 bits per heavy atom. The third-order valence-corrected chi connectivity index (χ3v) is 5.36. The van der Waals surface area contributed by atoms with Gasteiger partial charge in [-0.3, -0.25) is 9.69 Å². The molecule has 0 unspecified atom stereocenters. The van der Waals surface area contributed by atoms with Gasteiger partial charge in [0.1, 0.15) is 5.82 Å². The molecule has 1 aliphatic rings. The van der Waals surface area contributed by atoms with Crippen LogP contribution in [0.5, 0.6) is 0 Å². The van der Waals surface area contributed by atoms with Crippen molar-refractivity contribution in [3.05, 3.63) is 23.9 Å². The van der Waals surface area contributed by atoms with Crippen LogP contribution in [-0.4, -0.2) is 91.0 Å². The summed E-state index contributed by atoms with van der Waals surface area (Å²) in [6.45, 7) is 16.3. The number of rotatable bonds is 8. The molecule has 2 rings (SSSR count). The van der Waals surface area contributed by atoms with Crippen LogP contribution < -0.4 is 4.90 Å². The number of nitrogens with zero attached hydrogens (tertiary/aromatic N) is 5. The Hall–Kier alpha value is -1.66. The SMILES string of the molecule is CCN(CC)CCN(C)c1ccc(C(=O)N2CCN(C(C)C)CC2)cn1. The van der Waals surface area contributed by atoms with E-state index in [9.17, 15) is 4.79 Å². The first-order valence-electron chi connectivity index (χ1n) is 9.89. The van der Waals surface area contributed by atoms with E-state index >= 15 is 0 Å². The fourth-order valence-corrected chi connectivity index (χ4v) is 3.31. The van der Waals surface area contributed by atoms with Gasteiger partial charge in [-0.2, -0.15) is 0 Å². The number of hydrogen-bond donors (Lipinski definition) is 0. The number of pyridine rings is 1. The molecule has 1 fully saturated rings. The van der Waals surface area contributed by atoms with Gasteiger partial charge in [-0.25, -0.2) is 4.98 Å². The van der Waals surface area contributed by atoms with Crippen LogP contribution in [0, 0.1) is 0 Å². The molecule has 0 saturated carbocycles. The van der Waals surface area contributed by atoms with Gasteiger partial charge in [0.15, 0.2) is 0 Å². The van der Waals surface area contributed by atoms with Crippen molar-refractivity contribution in [1.82, 2.24) is 19.7 Å². The van der Waals surface area contributed by atoms with E-state index in [2.05, 4.69) is 54.4 Å². The van der Waals surface area contributed by atoms with Gasteiger partial charge in [-0.05, 0) is 39.1 Å². The topological polar surface area (TPSA) is 42.9 Å². The van der Waals surface area contributed by atoms with Gasteiger partial charge < -0.3 is 14.7 Å². The number of anilines is 1. The van der Waals surface area contributed by atoms with Crippen molar-refractivity contribution in [2.24, 2.45) is 0 Å². The van der Waals surface area contributed by atoms with E-state index in [1.165, 1.54) is 0 Å². The molecule has 146 valence electrons. The van der Waals surface area contributed by atoms with Gasteiger partial charge in [-0.1, -0.05) is 13.8 Å². The van der Waals surface area contributed by atoms with Crippen LogP contribution in [0.15, 0.2) is 18.3 Å². The zero-order chi connectivity index (χ0) is 19.1. The highest BCUT2D eigenvalue weighted by Crippen LogP contribution is 2.13. The van der Waals surface area contributed by atoms with Crippen LogP contribution in [-0.2, 0) is 0 Å². The molecule has 0 aromatic carbocycles. The summed E-state index contributed by atoms with van der Waals surface area (Å²) in [4.78, 5) is 26.1. The van der Waals surface area contributed by atoms with E-state index < -0.39 is 0 Å². The van der Waals surface area contributed by atoms with E-state index in [0.29, 0.717) is 11.6 Å². The minimum Gasteiger partial charge on any atom is -0.358 e. The summed E-state index contributed by atoms with van der Waals surface area (Å²) in [5.74, 6) is 1.01. The predicted octanol–water partition coefficient (Wildman–Crippen LogP) is 2.03. The molecule has 1 saturated heterocycles. The van der Waals surface area contributed by atoms with Gasteiger partial charge in [0.25, 0.3) is 5.91 Å². The number of hydrogen-bond acceptors (Lipinski definition) is 5. The molecule has 0 N–H and O–H groups in total. The molecule has 0 spiro atoms. The molecular formula is C20H35N5O. The minimum absolute atomic E-state index is 0.0956. The van der Waals surface area contributed by atoms with E-state index in [0.717, 1.165) is 58.2 Å². The summed E-state index contributed by atoms with van der Waals surface area (Å²) < 4.78 is 0. The number of carbonyl (C=O) groups is 1. The Bertz CT molecular complexity index is 548. The van der Waals surface area contributed by atoms with Gasteiger partial charge >= 0.3 is 0 Å². The second-order valence-corrected chi connectivity index (χ2v) is 7.28. The largest absolute Gasteiger partial charge is 0.358 e. The summed E-state index contributed by atoms with van der Waals surface area (Å²) in [5.41, 5.74) is 0.684. The monoisotopic (exact) mass is 361 g/mol. The van der Waals surface area contributed by atoms with Crippen molar-refractivity contribution in [2.75, 3.05) is 64.3 Å². The Balaban J connectivity index is 1.89. The van der Waals surface area contributed by atoms with Crippen LogP contribution >= 0.6 is 0 Å². The second kappa shape index (κ2) is 9.88. The average Bonchev–Trinajstić information content (AvgIpc) is 2.68. The summed E-state index contributed by atoms with van der Waals surface area (Å²) in [5, 5.41) is 0. The highest BCUT2D eigenvalue weighted by Gasteiger charge is 2.23. The smallest absolute Gasteiger partial charge is 0.255 e. The molecule has 1 aromatic rings. The maximum Gasteiger partial charge on any atom is 0.255 e. The summed E-state index contributed by atoms with van der Waals surface area (Å²) >= 11 is 0. The third-order valence-electron chi connectivity index (χ3n) is 5.36. The maximum absolute atomic E-state index is 12.7. The fraction of sp³-hybridized carbons (Fsp3) is 0.700. The molecule has 6 nitrogen and oxygen atoms in total. The lowest BCUT2D eigenvalue weighted by Crippen LogP contribution is -2.50. The number of likely N-dealkylation sites (N-methyl/N-ethyl adjacent to an activating group) is 2. The molecule has 26 heavy (non-hydrogen) atoms. The van der Waals surface area contributed by atoms with Crippen molar-refractivity contribution in [3.63, 3.8) is 0 Å². The number of amides is 1. The normalized spacial score (nSPS) is 15.7. The highest BCUT2D eigenvalue weighted by molar-refractivity contribution is 5.94. The second-order valence-electron chi connectivity index (χ2n) is 7.28. The Labute approximate surface area is 158 Å². The van der Waals surface area contributed by atoms with Crippen LogP contribution in [0.1, 0.15) is 38.1 Å². The first-order chi connectivity index (χ1) is 12.5. The lowest BCUT2D eigenvalue weighted by molar-refractivity contribution is 0.0595. The molecule has 1 amide bonds. The zero-order valence-electron chi connectivity index (χ0n) is 17.1.